The number of fused-ring (bicyclic) bond motifs is 1. The molecule has 3 aromatic carbocycles. The second-order valence-corrected chi connectivity index (χ2v) is 6.74. The largest absolute Gasteiger partial charge is 0.496 e. The van der Waals surface area contributed by atoms with E-state index >= 15 is 0 Å². The minimum Gasteiger partial charge on any atom is -0.496 e. The van der Waals surface area contributed by atoms with Gasteiger partial charge in [0.25, 0.3) is 5.91 Å². The van der Waals surface area contributed by atoms with E-state index < -0.39 is 0 Å². The molecule has 144 valence electrons. The third-order valence-electron chi connectivity index (χ3n) is 4.43. The predicted molar refractivity (Wildman–Crippen MR) is 115 cm³/mol. The molecule has 5 nitrogen and oxygen atoms in total. The number of hydrogen-bond acceptors (Lipinski definition) is 4. The van der Waals surface area contributed by atoms with Crippen LogP contribution in [0.3, 0.4) is 0 Å². The topological polar surface area (TPSA) is 63.8 Å². The number of hydrogen-bond donors (Lipinski definition) is 1. The lowest BCUT2D eigenvalue weighted by atomic mass is 10.1. The zero-order chi connectivity index (χ0) is 20.2. The van der Waals surface area contributed by atoms with E-state index in [1.54, 1.807) is 24.3 Å². The van der Waals surface area contributed by atoms with Gasteiger partial charge >= 0.3 is 0 Å². The van der Waals surface area contributed by atoms with Gasteiger partial charge in [0.05, 0.1) is 18.9 Å². The standard InChI is InChI=1S/C23H17ClN2O3/c1-28-22-13-17-5-3-2-4-16(17)12-20(22)23(27)26-25-14-19-10-11-21(29-19)15-6-8-18(24)9-7-15/h2-14H,1H3,(H,26,27). The summed E-state index contributed by atoms with van der Waals surface area (Å²) >= 11 is 5.91. The second kappa shape index (κ2) is 8.20. The number of halogens is 1. The van der Waals surface area contributed by atoms with Gasteiger partial charge in [-0.15, -0.1) is 0 Å². The van der Waals surface area contributed by atoms with E-state index in [1.807, 2.05) is 48.5 Å². The summed E-state index contributed by atoms with van der Waals surface area (Å²) in [6, 6.07) is 22.3. The summed E-state index contributed by atoms with van der Waals surface area (Å²) in [5, 5.41) is 6.60. The van der Waals surface area contributed by atoms with E-state index in [0.717, 1.165) is 16.3 Å². The van der Waals surface area contributed by atoms with Gasteiger partial charge in [0, 0.05) is 10.6 Å². The Hall–Kier alpha value is -3.57. The number of methoxy groups -OCH3 is 1. The first kappa shape index (κ1) is 18.8. The number of benzene rings is 3. The molecule has 4 aromatic rings. The smallest absolute Gasteiger partial charge is 0.275 e. The average Bonchev–Trinajstić information content (AvgIpc) is 3.22. The van der Waals surface area contributed by atoms with E-state index in [-0.39, 0.29) is 5.91 Å². The molecule has 0 unspecified atom stereocenters. The highest BCUT2D eigenvalue weighted by molar-refractivity contribution is 6.30. The molecular weight excluding hydrogens is 388 g/mol. The molecule has 0 aliphatic rings. The Labute approximate surface area is 172 Å². The number of carbonyl (C=O) groups excluding carboxylic acids is 1. The van der Waals surface area contributed by atoms with Crippen molar-refractivity contribution in [1.82, 2.24) is 5.43 Å². The van der Waals surface area contributed by atoms with E-state index in [1.165, 1.54) is 13.3 Å². The maximum Gasteiger partial charge on any atom is 0.275 e. The van der Waals surface area contributed by atoms with Gasteiger partial charge in [-0.3, -0.25) is 4.79 Å². The number of rotatable bonds is 5. The van der Waals surface area contributed by atoms with Crippen LogP contribution < -0.4 is 10.2 Å². The number of carbonyl (C=O) groups is 1. The lowest BCUT2D eigenvalue weighted by Crippen LogP contribution is -2.18. The number of furan rings is 1. The van der Waals surface area contributed by atoms with Gasteiger partial charge in [-0.1, -0.05) is 35.9 Å². The number of hydrazone groups is 1. The van der Waals surface area contributed by atoms with Crippen molar-refractivity contribution in [2.75, 3.05) is 7.11 Å². The molecule has 6 heteroatoms. The summed E-state index contributed by atoms with van der Waals surface area (Å²) in [6.45, 7) is 0. The van der Waals surface area contributed by atoms with Crippen molar-refractivity contribution < 1.29 is 13.9 Å². The first-order valence-electron chi connectivity index (χ1n) is 8.90. The molecule has 29 heavy (non-hydrogen) atoms. The van der Waals surface area contributed by atoms with Crippen molar-refractivity contribution >= 4 is 34.5 Å². The van der Waals surface area contributed by atoms with E-state index in [9.17, 15) is 4.79 Å². The Morgan fingerprint density at radius 3 is 2.48 bits per heavy atom. The Balaban J connectivity index is 1.49. The molecule has 0 spiro atoms. The molecular formula is C23H17ClN2O3. The summed E-state index contributed by atoms with van der Waals surface area (Å²) in [7, 11) is 1.53. The Morgan fingerprint density at radius 2 is 1.76 bits per heavy atom. The molecule has 0 saturated carbocycles. The lowest BCUT2D eigenvalue weighted by Gasteiger charge is -2.09. The summed E-state index contributed by atoms with van der Waals surface area (Å²) in [5.74, 6) is 1.32. The first-order valence-corrected chi connectivity index (χ1v) is 9.28. The van der Waals surface area contributed by atoms with Crippen LogP contribution >= 0.6 is 11.6 Å². The lowest BCUT2D eigenvalue weighted by molar-refractivity contribution is 0.0952. The molecule has 0 atom stereocenters. The fraction of sp³-hybridized carbons (Fsp3) is 0.0435. The number of ether oxygens (including phenoxy) is 1. The molecule has 0 aliphatic carbocycles. The molecule has 0 saturated heterocycles. The number of nitrogens with zero attached hydrogens (tertiary/aromatic N) is 1. The van der Waals surface area contributed by atoms with Crippen molar-refractivity contribution in [2.24, 2.45) is 5.10 Å². The minimum atomic E-state index is -0.367. The Bertz CT molecular complexity index is 1200. The van der Waals surface area contributed by atoms with Gasteiger partial charge in [0.2, 0.25) is 0 Å². The predicted octanol–water partition coefficient (Wildman–Crippen LogP) is 5.53. The normalized spacial score (nSPS) is 11.1. The quantitative estimate of drug-likeness (QED) is 0.351. The van der Waals surface area contributed by atoms with Crippen LogP contribution in [0.5, 0.6) is 5.75 Å². The van der Waals surface area contributed by atoms with Gasteiger partial charge in [-0.25, -0.2) is 5.43 Å². The van der Waals surface area contributed by atoms with Crippen LogP contribution in [0, 0.1) is 0 Å². The van der Waals surface area contributed by atoms with Gasteiger partial charge in [-0.05, 0) is 59.3 Å². The van der Waals surface area contributed by atoms with Crippen LogP contribution in [0.4, 0.5) is 0 Å². The van der Waals surface area contributed by atoms with Crippen LogP contribution in [0.2, 0.25) is 5.02 Å². The van der Waals surface area contributed by atoms with Crippen LogP contribution in [-0.4, -0.2) is 19.2 Å². The molecule has 0 aliphatic heterocycles. The highest BCUT2D eigenvalue weighted by Gasteiger charge is 2.13. The second-order valence-electron chi connectivity index (χ2n) is 6.31. The van der Waals surface area contributed by atoms with Crippen LogP contribution in [0.1, 0.15) is 16.1 Å². The highest BCUT2D eigenvalue weighted by atomic mass is 35.5. The third kappa shape index (κ3) is 4.15. The zero-order valence-electron chi connectivity index (χ0n) is 15.6. The third-order valence-corrected chi connectivity index (χ3v) is 4.68. The van der Waals surface area contributed by atoms with Crippen molar-refractivity contribution in [1.29, 1.82) is 0 Å². The maximum absolute atomic E-state index is 12.6. The van der Waals surface area contributed by atoms with Crippen molar-refractivity contribution in [2.45, 2.75) is 0 Å². The average molecular weight is 405 g/mol. The van der Waals surface area contributed by atoms with Crippen LogP contribution in [-0.2, 0) is 0 Å². The summed E-state index contributed by atoms with van der Waals surface area (Å²) in [6.07, 6.45) is 1.45. The van der Waals surface area contributed by atoms with Crippen molar-refractivity contribution in [3.8, 4) is 17.1 Å². The van der Waals surface area contributed by atoms with E-state index in [2.05, 4.69) is 10.5 Å². The highest BCUT2D eigenvalue weighted by Crippen LogP contribution is 2.26. The van der Waals surface area contributed by atoms with Gasteiger partial charge < -0.3 is 9.15 Å². The summed E-state index contributed by atoms with van der Waals surface area (Å²) in [5.41, 5.74) is 3.83. The summed E-state index contributed by atoms with van der Waals surface area (Å²) in [4.78, 5) is 12.6. The van der Waals surface area contributed by atoms with E-state index in [4.69, 9.17) is 20.8 Å². The molecule has 4 rings (SSSR count). The Kier molecular flexibility index (Phi) is 5.31. The fourth-order valence-corrected chi connectivity index (χ4v) is 3.10. The van der Waals surface area contributed by atoms with Gasteiger partial charge in [0.15, 0.2) is 0 Å². The fourth-order valence-electron chi connectivity index (χ4n) is 2.97. The first-order chi connectivity index (χ1) is 14.1. The van der Waals surface area contributed by atoms with Gasteiger partial charge in [0.1, 0.15) is 17.3 Å². The number of amides is 1. The monoisotopic (exact) mass is 404 g/mol. The molecule has 0 bridgehead atoms. The van der Waals surface area contributed by atoms with Crippen molar-refractivity contribution in [3.05, 3.63) is 89.1 Å². The molecule has 1 amide bonds. The zero-order valence-corrected chi connectivity index (χ0v) is 16.3. The van der Waals surface area contributed by atoms with Crippen molar-refractivity contribution in [3.63, 3.8) is 0 Å². The number of nitrogens with one attached hydrogen (secondary N) is 1. The SMILES string of the molecule is COc1cc2ccccc2cc1C(=O)NN=Cc1ccc(-c2ccc(Cl)cc2)o1. The minimum absolute atomic E-state index is 0.367. The summed E-state index contributed by atoms with van der Waals surface area (Å²) < 4.78 is 11.1. The van der Waals surface area contributed by atoms with Crippen LogP contribution in [0.25, 0.3) is 22.1 Å². The molecule has 1 N–H and O–H groups in total. The van der Waals surface area contributed by atoms with Gasteiger partial charge in [-0.2, -0.15) is 5.10 Å². The molecule has 1 heterocycles. The van der Waals surface area contributed by atoms with Crippen LogP contribution in [0.15, 0.2) is 82.3 Å². The molecule has 0 radical (unpaired) electrons. The molecule has 1 aromatic heterocycles. The van der Waals surface area contributed by atoms with E-state index in [0.29, 0.717) is 27.9 Å². The maximum atomic E-state index is 12.6. The molecule has 0 fully saturated rings. The Morgan fingerprint density at radius 1 is 1.03 bits per heavy atom.